The van der Waals surface area contributed by atoms with E-state index in [1.54, 1.807) is 0 Å². The fourth-order valence-corrected chi connectivity index (χ4v) is 6.04. The zero-order valence-electron chi connectivity index (χ0n) is 13.3. The molecule has 1 aliphatic rings. The largest absolute Gasteiger partial charge is 0.383 e. The maximum atomic E-state index is 6.19. The lowest BCUT2D eigenvalue weighted by Gasteiger charge is -2.37. The Bertz CT molecular complexity index is 453. The minimum atomic E-state index is 0.306. The molecule has 2 heterocycles. The molecule has 5 heteroatoms. The summed E-state index contributed by atoms with van der Waals surface area (Å²) in [6.45, 7) is 7.62. The van der Waals surface area contributed by atoms with E-state index in [0.717, 1.165) is 13.0 Å². The Morgan fingerprint density at radius 1 is 1.38 bits per heavy atom. The molecule has 0 amide bonds. The van der Waals surface area contributed by atoms with Gasteiger partial charge in [-0.25, -0.2) is 4.98 Å². The first kappa shape index (κ1) is 17.0. The molecule has 1 aromatic rings. The summed E-state index contributed by atoms with van der Waals surface area (Å²) in [4.78, 5) is 4.38. The summed E-state index contributed by atoms with van der Waals surface area (Å²) in [6.07, 6.45) is 4.21. The molecule has 0 aromatic carbocycles. The molecular weight excluding hydrogens is 298 g/mol. The third kappa shape index (κ3) is 4.30. The summed E-state index contributed by atoms with van der Waals surface area (Å²) < 4.78 is 0. The summed E-state index contributed by atoms with van der Waals surface area (Å²) in [5, 5.41) is 5.00. The highest BCUT2D eigenvalue weighted by atomic mass is 32.2. The van der Waals surface area contributed by atoms with Crippen LogP contribution in [0.5, 0.6) is 0 Å². The summed E-state index contributed by atoms with van der Waals surface area (Å²) >= 11 is 4.21. The molecule has 1 fully saturated rings. The Kier molecular flexibility index (Phi) is 6.71. The van der Waals surface area contributed by atoms with Crippen molar-refractivity contribution < 1.29 is 0 Å². The molecule has 0 radical (unpaired) electrons. The normalized spacial score (nSPS) is 24.0. The molecule has 3 atom stereocenters. The highest BCUT2D eigenvalue weighted by molar-refractivity contribution is 8.07. The van der Waals surface area contributed by atoms with E-state index in [1.165, 1.54) is 29.1 Å². The number of pyridine rings is 1. The number of rotatable bonds is 6. The van der Waals surface area contributed by atoms with Crippen LogP contribution in [0.25, 0.3) is 0 Å². The van der Waals surface area contributed by atoms with Crippen LogP contribution < -0.4 is 11.1 Å². The van der Waals surface area contributed by atoms with Gasteiger partial charge in [0.25, 0.3) is 0 Å². The second-order valence-electron chi connectivity index (χ2n) is 5.57. The highest BCUT2D eigenvalue weighted by Gasteiger charge is 2.33. The van der Waals surface area contributed by atoms with E-state index < -0.39 is 0 Å². The van der Waals surface area contributed by atoms with Gasteiger partial charge in [0.05, 0.1) is 0 Å². The lowest BCUT2D eigenvalue weighted by molar-refractivity contribution is 0.498. The number of hydrogen-bond acceptors (Lipinski definition) is 5. The fourth-order valence-electron chi connectivity index (χ4n) is 2.80. The second kappa shape index (κ2) is 8.30. The van der Waals surface area contributed by atoms with Crippen LogP contribution in [0.2, 0.25) is 0 Å². The molecular formula is C16H27N3S2. The molecule has 0 bridgehead atoms. The number of nitrogens with zero attached hydrogens (tertiary/aromatic N) is 1. The Morgan fingerprint density at radius 2 is 2.14 bits per heavy atom. The van der Waals surface area contributed by atoms with Gasteiger partial charge in [0, 0.05) is 39.8 Å². The van der Waals surface area contributed by atoms with Crippen LogP contribution in [0, 0.1) is 6.92 Å². The van der Waals surface area contributed by atoms with Gasteiger partial charge in [0.15, 0.2) is 0 Å². The number of anilines is 1. The van der Waals surface area contributed by atoms with E-state index in [9.17, 15) is 0 Å². The van der Waals surface area contributed by atoms with E-state index in [4.69, 9.17) is 5.73 Å². The Hall–Kier alpha value is -0.390. The van der Waals surface area contributed by atoms with Gasteiger partial charge in [-0.3, -0.25) is 0 Å². The fraction of sp³-hybridized carbons (Fsp3) is 0.688. The van der Waals surface area contributed by atoms with Crippen molar-refractivity contribution >= 4 is 29.3 Å². The number of aromatic nitrogens is 1. The van der Waals surface area contributed by atoms with Crippen molar-refractivity contribution in [3.8, 4) is 0 Å². The quantitative estimate of drug-likeness (QED) is 0.836. The average molecular weight is 326 g/mol. The van der Waals surface area contributed by atoms with E-state index in [0.29, 0.717) is 22.4 Å². The van der Waals surface area contributed by atoms with Gasteiger partial charge in [-0.2, -0.15) is 23.5 Å². The molecule has 3 unspecified atom stereocenters. The van der Waals surface area contributed by atoms with Crippen molar-refractivity contribution in [2.75, 3.05) is 23.8 Å². The van der Waals surface area contributed by atoms with Gasteiger partial charge in [0.1, 0.15) is 5.82 Å². The molecule has 21 heavy (non-hydrogen) atoms. The van der Waals surface area contributed by atoms with Gasteiger partial charge in [-0.05, 0) is 37.9 Å². The van der Waals surface area contributed by atoms with Gasteiger partial charge < -0.3 is 11.1 Å². The summed E-state index contributed by atoms with van der Waals surface area (Å²) in [6, 6.07) is 2.52. The van der Waals surface area contributed by atoms with Crippen molar-refractivity contribution in [3.63, 3.8) is 0 Å². The number of thioether (sulfide) groups is 2. The standard InChI is InChI=1S/C16H27N3S2/c1-4-6-18-14(12-9-11(3)10-19-16(12)17)15-13(5-2)20-7-8-21-15/h9-10,13-15,18H,4-8H2,1-3H3,(H2,17,19). The predicted octanol–water partition coefficient (Wildman–Crippen LogP) is 3.64. The first-order valence-corrected chi connectivity index (χ1v) is 9.95. The monoisotopic (exact) mass is 325 g/mol. The van der Waals surface area contributed by atoms with Crippen molar-refractivity contribution in [1.29, 1.82) is 0 Å². The maximum absolute atomic E-state index is 6.19. The van der Waals surface area contributed by atoms with Crippen LogP contribution in [0.3, 0.4) is 0 Å². The first-order chi connectivity index (χ1) is 10.2. The topological polar surface area (TPSA) is 50.9 Å². The van der Waals surface area contributed by atoms with Gasteiger partial charge in [-0.15, -0.1) is 0 Å². The SMILES string of the molecule is CCCNC(c1cc(C)cnc1N)C1SCCSC1CC. The summed E-state index contributed by atoms with van der Waals surface area (Å²) in [5.41, 5.74) is 8.56. The van der Waals surface area contributed by atoms with E-state index >= 15 is 0 Å². The number of nitrogens with two attached hydrogens (primary N) is 1. The molecule has 1 aliphatic heterocycles. The zero-order valence-corrected chi connectivity index (χ0v) is 14.9. The number of nitrogen functional groups attached to an aromatic ring is 1. The van der Waals surface area contributed by atoms with Crippen molar-refractivity contribution in [2.45, 2.75) is 50.2 Å². The Labute approximate surface area is 137 Å². The Balaban J connectivity index is 2.30. The van der Waals surface area contributed by atoms with E-state index in [-0.39, 0.29) is 0 Å². The number of hydrogen-bond donors (Lipinski definition) is 2. The van der Waals surface area contributed by atoms with Gasteiger partial charge in [0.2, 0.25) is 0 Å². The average Bonchev–Trinajstić information content (AvgIpc) is 2.51. The third-order valence-electron chi connectivity index (χ3n) is 3.86. The van der Waals surface area contributed by atoms with Crippen LogP contribution >= 0.6 is 23.5 Å². The van der Waals surface area contributed by atoms with Crippen LogP contribution in [0.15, 0.2) is 12.3 Å². The molecule has 3 N–H and O–H groups in total. The van der Waals surface area contributed by atoms with E-state index in [2.05, 4.69) is 60.7 Å². The van der Waals surface area contributed by atoms with Crippen molar-refractivity contribution in [3.05, 3.63) is 23.4 Å². The summed E-state index contributed by atoms with van der Waals surface area (Å²) in [5.74, 6) is 3.18. The first-order valence-electron chi connectivity index (χ1n) is 7.86. The highest BCUT2D eigenvalue weighted by Crippen LogP contribution is 2.41. The predicted molar refractivity (Wildman–Crippen MR) is 97.2 cm³/mol. The van der Waals surface area contributed by atoms with Crippen LogP contribution in [0.1, 0.15) is 43.9 Å². The van der Waals surface area contributed by atoms with Crippen molar-refractivity contribution in [2.24, 2.45) is 0 Å². The van der Waals surface area contributed by atoms with Crippen LogP contribution in [-0.4, -0.2) is 33.5 Å². The molecule has 118 valence electrons. The number of nitrogens with one attached hydrogen (secondary N) is 1. The molecule has 1 aromatic heterocycles. The van der Waals surface area contributed by atoms with Crippen molar-refractivity contribution in [1.82, 2.24) is 10.3 Å². The van der Waals surface area contributed by atoms with Crippen LogP contribution in [-0.2, 0) is 0 Å². The molecule has 2 rings (SSSR count). The minimum absolute atomic E-state index is 0.306. The zero-order chi connectivity index (χ0) is 15.2. The third-order valence-corrected chi connectivity index (χ3v) is 7.21. The molecule has 3 nitrogen and oxygen atoms in total. The Morgan fingerprint density at radius 3 is 2.86 bits per heavy atom. The smallest absolute Gasteiger partial charge is 0.128 e. The lowest BCUT2D eigenvalue weighted by Crippen LogP contribution is -2.39. The lowest BCUT2D eigenvalue weighted by atomic mass is 9.99. The molecule has 0 aliphatic carbocycles. The molecule has 1 saturated heterocycles. The van der Waals surface area contributed by atoms with Gasteiger partial charge in [-0.1, -0.05) is 13.8 Å². The minimum Gasteiger partial charge on any atom is -0.383 e. The number of aryl methyl sites for hydroxylation is 1. The maximum Gasteiger partial charge on any atom is 0.128 e. The summed E-state index contributed by atoms with van der Waals surface area (Å²) in [7, 11) is 0. The van der Waals surface area contributed by atoms with E-state index in [1.807, 2.05) is 6.20 Å². The van der Waals surface area contributed by atoms with Crippen LogP contribution in [0.4, 0.5) is 5.82 Å². The van der Waals surface area contributed by atoms with Gasteiger partial charge >= 0.3 is 0 Å². The molecule has 0 spiro atoms. The molecule has 0 saturated carbocycles. The second-order valence-corrected chi connectivity index (χ2v) is 8.20.